The third-order valence-electron chi connectivity index (χ3n) is 13.1. The molecule has 0 N–H and O–H groups in total. The molecule has 6 aromatic carbocycles. The van der Waals surface area contributed by atoms with Crippen LogP contribution in [-0.4, -0.2) is 12.2 Å². The Hall–Kier alpha value is -6.14. The van der Waals surface area contributed by atoms with Crippen molar-refractivity contribution in [2.24, 2.45) is 22.7 Å². The minimum atomic E-state index is -2.04. The van der Waals surface area contributed by atoms with Crippen LogP contribution in [0.2, 0.25) is 0 Å². The summed E-state index contributed by atoms with van der Waals surface area (Å²) in [6.45, 7) is 4.50. The normalized spacial score (nSPS) is 28.5. The standard InChI is InChI=1S/C53H42O8P2/c1-52-31-11-9-16-37(52)24-29-46-50(52)55-48-40-19-7-4-14-35(40)22-27-44(48)58-62(60-46)54-33-42-39-18-6-3-13-34(39)21-26-43(42)57-63-59-45-28-23-36-15-5-8-20-41(36)49(45)56-51-47(61-63)30-25-38-17-10-12-32-53(38,51)2/h3-32,37-38,47,51H,33H2,1-2H3. The second-order valence-corrected chi connectivity index (χ2v) is 19.0. The summed E-state index contributed by atoms with van der Waals surface area (Å²) in [6.07, 6.45) is 24.7. The Labute approximate surface area is 368 Å². The Morgan fingerprint density at radius 2 is 1.24 bits per heavy atom. The Kier molecular flexibility index (Phi) is 9.35. The number of hydrogen-bond acceptors (Lipinski definition) is 8. The summed E-state index contributed by atoms with van der Waals surface area (Å²) in [5, 5.41) is 5.98. The molecule has 2 heterocycles. The van der Waals surface area contributed by atoms with Gasteiger partial charge in [0.15, 0.2) is 34.5 Å². The minimum absolute atomic E-state index is 0.0858. The summed E-state index contributed by atoms with van der Waals surface area (Å²) in [7, 11) is -4.06. The molecule has 63 heavy (non-hydrogen) atoms. The van der Waals surface area contributed by atoms with Crippen LogP contribution in [0.25, 0.3) is 32.3 Å². The molecule has 8 nitrogen and oxygen atoms in total. The second kappa shape index (κ2) is 15.3. The lowest BCUT2D eigenvalue weighted by molar-refractivity contribution is -0.0152. The van der Waals surface area contributed by atoms with Crippen molar-refractivity contribution in [2.75, 3.05) is 0 Å². The molecule has 10 heteroatoms. The summed E-state index contributed by atoms with van der Waals surface area (Å²) >= 11 is 0. The van der Waals surface area contributed by atoms with E-state index in [9.17, 15) is 0 Å². The number of benzene rings is 6. The van der Waals surface area contributed by atoms with Crippen molar-refractivity contribution in [3.05, 3.63) is 199 Å². The molecule has 0 bridgehead atoms. The second-order valence-electron chi connectivity index (χ2n) is 16.9. The van der Waals surface area contributed by atoms with Crippen molar-refractivity contribution in [1.82, 2.24) is 0 Å². The van der Waals surface area contributed by atoms with Crippen molar-refractivity contribution >= 4 is 49.5 Å². The predicted octanol–water partition coefficient (Wildman–Crippen LogP) is 14.1. The third kappa shape index (κ3) is 6.59. The highest BCUT2D eigenvalue weighted by Gasteiger charge is 2.50. The van der Waals surface area contributed by atoms with Crippen LogP contribution >= 0.6 is 17.2 Å². The van der Waals surface area contributed by atoms with E-state index in [2.05, 4.69) is 117 Å². The topological polar surface area (TPSA) is 73.8 Å². The first kappa shape index (κ1) is 38.5. The molecule has 0 fully saturated rings. The summed E-state index contributed by atoms with van der Waals surface area (Å²) in [4.78, 5) is 0. The van der Waals surface area contributed by atoms with Crippen molar-refractivity contribution in [3.8, 4) is 28.7 Å². The number of rotatable bonds is 5. The first-order valence-electron chi connectivity index (χ1n) is 21.3. The van der Waals surface area contributed by atoms with E-state index in [4.69, 9.17) is 36.6 Å². The molecule has 6 aromatic rings. The van der Waals surface area contributed by atoms with Crippen LogP contribution in [0, 0.1) is 22.7 Å². The predicted molar refractivity (Wildman–Crippen MR) is 248 cm³/mol. The lowest BCUT2D eigenvalue weighted by Crippen LogP contribution is -2.51. The first-order chi connectivity index (χ1) is 30.9. The number of fused-ring (bicyclic) bond motifs is 12. The van der Waals surface area contributed by atoms with Gasteiger partial charge in [0.05, 0.1) is 12.0 Å². The van der Waals surface area contributed by atoms with Crippen molar-refractivity contribution in [2.45, 2.75) is 32.7 Å². The van der Waals surface area contributed by atoms with Crippen molar-refractivity contribution in [1.29, 1.82) is 0 Å². The highest BCUT2D eigenvalue weighted by molar-refractivity contribution is 7.42. The summed E-state index contributed by atoms with van der Waals surface area (Å²) in [5.74, 6) is 4.44. The highest BCUT2D eigenvalue weighted by Crippen LogP contribution is 2.58. The van der Waals surface area contributed by atoms with Gasteiger partial charge in [-0.3, -0.25) is 9.05 Å². The van der Waals surface area contributed by atoms with Gasteiger partial charge in [0.1, 0.15) is 18.0 Å². The Balaban J connectivity index is 0.918. The summed E-state index contributed by atoms with van der Waals surface area (Å²) < 4.78 is 54.8. The van der Waals surface area contributed by atoms with Gasteiger partial charge in [-0.1, -0.05) is 165 Å². The molecule has 0 amide bonds. The third-order valence-corrected chi connectivity index (χ3v) is 15.2. The molecule has 6 aliphatic rings. The zero-order valence-electron chi connectivity index (χ0n) is 34.5. The van der Waals surface area contributed by atoms with Gasteiger partial charge >= 0.3 is 17.2 Å². The van der Waals surface area contributed by atoms with E-state index in [-0.39, 0.29) is 30.0 Å². The van der Waals surface area contributed by atoms with Gasteiger partial charge in [0.25, 0.3) is 0 Å². The van der Waals surface area contributed by atoms with Crippen molar-refractivity contribution < 1.29 is 36.6 Å². The molecule has 4 aliphatic carbocycles. The number of allylic oxidation sites excluding steroid dienone is 10. The molecule has 2 aliphatic heterocycles. The Bertz CT molecular complexity index is 3060. The SMILES string of the molecule is CC12C=CC=CC1C=CC1=C2Oc2c(ccc3ccccc23)OP(OCc2c(OP3Oc4ccc5ccccc5c4OC4C(C=CC5C=CC=CC54C)O3)ccc3ccccc23)O1. The lowest BCUT2D eigenvalue weighted by Gasteiger charge is -2.47. The van der Waals surface area contributed by atoms with E-state index in [0.29, 0.717) is 40.3 Å². The van der Waals surface area contributed by atoms with Crippen LogP contribution < -0.4 is 23.0 Å². The van der Waals surface area contributed by atoms with E-state index in [0.717, 1.165) is 37.9 Å². The van der Waals surface area contributed by atoms with E-state index in [1.165, 1.54) is 0 Å². The quantitative estimate of drug-likeness (QED) is 0.125. The lowest BCUT2D eigenvalue weighted by atomic mass is 9.66. The molecule has 0 aromatic heterocycles. The fourth-order valence-corrected chi connectivity index (χ4v) is 11.7. The largest absolute Gasteiger partial charge is 0.482 e. The van der Waals surface area contributed by atoms with Gasteiger partial charge in [-0.25, -0.2) is 0 Å². The van der Waals surface area contributed by atoms with E-state index < -0.39 is 28.7 Å². The van der Waals surface area contributed by atoms with Crippen molar-refractivity contribution in [3.63, 3.8) is 0 Å². The molecule has 312 valence electrons. The van der Waals surface area contributed by atoms with Gasteiger partial charge in [0, 0.05) is 33.6 Å². The monoisotopic (exact) mass is 868 g/mol. The van der Waals surface area contributed by atoms with E-state index >= 15 is 0 Å². The van der Waals surface area contributed by atoms with Gasteiger partial charge in [-0.2, -0.15) is 0 Å². The van der Waals surface area contributed by atoms with Gasteiger partial charge in [-0.05, 0) is 52.7 Å². The Morgan fingerprint density at radius 1 is 0.587 bits per heavy atom. The molecule has 0 saturated carbocycles. The van der Waals surface area contributed by atoms with E-state index in [1.54, 1.807) is 0 Å². The average molecular weight is 869 g/mol. The highest BCUT2D eigenvalue weighted by atomic mass is 31.2. The van der Waals surface area contributed by atoms with Crippen LogP contribution in [0.4, 0.5) is 0 Å². The molecule has 0 spiro atoms. The average Bonchev–Trinajstić information content (AvgIpc) is 3.29. The fourth-order valence-electron chi connectivity index (χ4n) is 9.56. The molecule has 12 rings (SSSR count). The number of hydrogen-bond donors (Lipinski definition) is 0. The van der Waals surface area contributed by atoms with Gasteiger partial charge < -0.3 is 27.6 Å². The van der Waals surface area contributed by atoms with Gasteiger partial charge in [0.2, 0.25) is 0 Å². The first-order valence-corrected chi connectivity index (χ1v) is 23.4. The summed E-state index contributed by atoms with van der Waals surface area (Å²) in [5.41, 5.74) is -0.0775. The van der Waals surface area contributed by atoms with Crippen LogP contribution in [0.1, 0.15) is 19.4 Å². The Morgan fingerprint density at radius 3 is 2.03 bits per heavy atom. The maximum Gasteiger partial charge on any atom is 0.463 e. The molecule has 0 saturated heterocycles. The molecule has 0 radical (unpaired) electrons. The van der Waals surface area contributed by atoms with E-state index in [1.807, 2.05) is 78.9 Å². The van der Waals surface area contributed by atoms with Crippen LogP contribution in [0.3, 0.4) is 0 Å². The van der Waals surface area contributed by atoms with Crippen LogP contribution in [0.5, 0.6) is 28.7 Å². The number of ether oxygens (including phenoxy) is 2. The fraction of sp³-hybridized carbons (Fsp3) is 0.170. The zero-order chi connectivity index (χ0) is 42.1. The molecular weight excluding hydrogens is 827 g/mol. The summed E-state index contributed by atoms with van der Waals surface area (Å²) in [6, 6.07) is 36.5. The smallest absolute Gasteiger partial charge is 0.463 e. The maximum absolute atomic E-state index is 7.05. The van der Waals surface area contributed by atoms with Crippen LogP contribution in [0.15, 0.2) is 194 Å². The zero-order valence-corrected chi connectivity index (χ0v) is 36.3. The van der Waals surface area contributed by atoms with Gasteiger partial charge in [-0.15, -0.1) is 0 Å². The maximum atomic E-state index is 7.05. The molecular formula is C53H42O8P2. The van der Waals surface area contributed by atoms with Crippen LogP contribution in [-0.2, 0) is 20.2 Å². The molecule has 8 unspecified atom stereocenters. The minimum Gasteiger partial charge on any atom is -0.482 e. The molecule has 8 atom stereocenters.